The highest BCUT2D eigenvalue weighted by molar-refractivity contribution is 5.89. The molecule has 3 heteroatoms. The van der Waals surface area contributed by atoms with E-state index in [2.05, 4.69) is 54.0 Å². The summed E-state index contributed by atoms with van der Waals surface area (Å²) in [7, 11) is 0. The van der Waals surface area contributed by atoms with Gasteiger partial charge in [-0.3, -0.25) is 0 Å². The highest BCUT2D eigenvalue weighted by atomic mass is 35.5. The van der Waals surface area contributed by atoms with Gasteiger partial charge in [-0.1, -0.05) is 36.4 Å². The maximum Gasteiger partial charge on any atom is 0.0453 e. The Morgan fingerprint density at radius 1 is 1.00 bits per heavy atom. The standard InChI is InChI=1S/C15H18N2.ClH/c1-11-6-7-14(15-10-16-8-9-17-15)13-5-3-2-4-12(11)13;/h2-7,15-17H,8-10H2,1H3;1H/t15-;/m0./s1. The second kappa shape index (κ2) is 5.70. The average molecular weight is 263 g/mol. The van der Waals surface area contributed by atoms with Gasteiger partial charge in [-0.25, -0.2) is 0 Å². The van der Waals surface area contributed by atoms with Crippen molar-refractivity contribution in [3.05, 3.63) is 47.5 Å². The molecule has 1 saturated heterocycles. The lowest BCUT2D eigenvalue weighted by Crippen LogP contribution is -2.42. The number of nitrogens with one attached hydrogen (secondary N) is 2. The Bertz CT molecular complexity index is 533. The molecule has 1 aliphatic heterocycles. The first-order chi connectivity index (χ1) is 8.36. The topological polar surface area (TPSA) is 24.1 Å². The molecule has 2 aromatic rings. The minimum Gasteiger partial charge on any atom is -0.314 e. The van der Waals surface area contributed by atoms with Crippen LogP contribution in [0.3, 0.4) is 0 Å². The van der Waals surface area contributed by atoms with Crippen molar-refractivity contribution in [2.24, 2.45) is 0 Å². The summed E-state index contributed by atoms with van der Waals surface area (Å²) < 4.78 is 0. The number of rotatable bonds is 1. The van der Waals surface area contributed by atoms with Gasteiger partial charge in [0.25, 0.3) is 0 Å². The van der Waals surface area contributed by atoms with Crippen LogP contribution in [0.2, 0.25) is 0 Å². The van der Waals surface area contributed by atoms with E-state index in [0.717, 1.165) is 19.6 Å². The van der Waals surface area contributed by atoms with E-state index in [9.17, 15) is 0 Å². The summed E-state index contributed by atoms with van der Waals surface area (Å²) in [6.45, 7) is 5.32. The second-order valence-corrected chi connectivity index (χ2v) is 4.73. The predicted molar refractivity (Wildman–Crippen MR) is 79.5 cm³/mol. The Labute approximate surface area is 114 Å². The van der Waals surface area contributed by atoms with E-state index in [4.69, 9.17) is 0 Å². The molecule has 1 atom stereocenters. The van der Waals surface area contributed by atoms with Gasteiger partial charge >= 0.3 is 0 Å². The lowest BCUT2D eigenvalue weighted by Gasteiger charge is -2.26. The van der Waals surface area contributed by atoms with Crippen molar-refractivity contribution < 1.29 is 0 Å². The summed E-state index contributed by atoms with van der Waals surface area (Å²) >= 11 is 0. The molecule has 2 N–H and O–H groups in total. The highest BCUT2D eigenvalue weighted by Gasteiger charge is 2.16. The predicted octanol–water partition coefficient (Wildman–Crippen LogP) is 2.80. The number of fused-ring (bicyclic) bond motifs is 1. The molecule has 1 heterocycles. The smallest absolute Gasteiger partial charge is 0.0453 e. The molecule has 0 aliphatic carbocycles. The fourth-order valence-electron chi connectivity index (χ4n) is 2.65. The van der Waals surface area contributed by atoms with Gasteiger partial charge < -0.3 is 10.6 Å². The SMILES string of the molecule is Cc1ccc([C@@H]2CNCCN2)c2ccccc12.Cl. The Morgan fingerprint density at radius 3 is 2.50 bits per heavy atom. The van der Waals surface area contributed by atoms with Crippen LogP contribution in [0.1, 0.15) is 17.2 Å². The van der Waals surface area contributed by atoms with Crippen LogP contribution < -0.4 is 10.6 Å². The first-order valence-electron chi connectivity index (χ1n) is 6.28. The van der Waals surface area contributed by atoms with Gasteiger partial charge in [-0.05, 0) is 28.8 Å². The van der Waals surface area contributed by atoms with Crippen molar-refractivity contribution in [2.75, 3.05) is 19.6 Å². The average Bonchev–Trinajstić information content (AvgIpc) is 2.41. The molecule has 0 radical (unpaired) electrons. The molecule has 0 amide bonds. The van der Waals surface area contributed by atoms with Gasteiger partial charge in [0.15, 0.2) is 0 Å². The number of benzene rings is 2. The monoisotopic (exact) mass is 262 g/mol. The van der Waals surface area contributed by atoms with Gasteiger partial charge in [0.1, 0.15) is 0 Å². The quantitative estimate of drug-likeness (QED) is 0.826. The summed E-state index contributed by atoms with van der Waals surface area (Å²) in [5, 5.41) is 9.79. The second-order valence-electron chi connectivity index (χ2n) is 4.73. The van der Waals surface area contributed by atoms with E-state index >= 15 is 0 Å². The van der Waals surface area contributed by atoms with Crippen LogP contribution in [-0.2, 0) is 0 Å². The minimum absolute atomic E-state index is 0. The summed E-state index contributed by atoms with van der Waals surface area (Å²) in [6.07, 6.45) is 0. The Morgan fingerprint density at radius 2 is 1.78 bits per heavy atom. The van der Waals surface area contributed by atoms with Crippen molar-refractivity contribution >= 4 is 23.2 Å². The number of hydrogen-bond acceptors (Lipinski definition) is 2. The summed E-state index contributed by atoms with van der Waals surface area (Å²) in [6, 6.07) is 13.6. The van der Waals surface area contributed by atoms with Crippen molar-refractivity contribution in [1.29, 1.82) is 0 Å². The molecule has 0 bridgehead atoms. The first-order valence-corrected chi connectivity index (χ1v) is 6.28. The van der Waals surface area contributed by atoms with Crippen molar-refractivity contribution in [1.82, 2.24) is 10.6 Å². The largest absolute Gasteiger partial charge is 0.314 e. The summed E-state index contributed by atoms with van der Waals surface area (Å²) in [5.41, 5.74) is 2.77. The third-order valence-electron chi connectivity index (χ3n) is 3.59. The van der Waals surface area contributed by atoms with Gasteiger partial charge in [0, 0.05) is 25.7 Å². The summed E-state index contributed by atoms with van der Waals surface area (Å²) in [5.74, 6) is 0. The van der Waals surface area contributed by atoms with Crippen LogP contribution in [0.4, 0.5) is 0 Å². The lowest BCUT2D eigenvalue weighted by molar-refractivity contribution is 0.432. The van der Waals surface area contributed by atoms with Gasteiger partial charge in [-0.15, -0.1) is 12.4 Å². The Balaban J connectivity index is 0.00000120. The molecule has 18 heavy (non-hydrogen) atoms. The zero-order chi connectivity index (χ0) is 11.7. The maximum absolute atomic E-state index is 3.58. The molecule has 96 valence electrons. The number of hydrogen-bond donors (Lipinski definition) is 2. The van der Waals surface area contributed by atoms with Crippen molar-refractivity contribution in [2.45, 2.75) is 13.0 Å². The van der Waals surface area contributed by atoms with Gasteiger partial charge in [0.2, 0.25) is 0 Å². The zero-order valence-electron chi connectivity index (χ0n) is 10.6. The highest BCUT2D eigenvalue weighted by Crippen LogP contribution is 2.27. The fraction of sp³-hybridized carbons (Fsp3) is 0.333. The van der Waals surface area contributed by atoms with E-state index in [-0.39, 0.29) is 12.4 Å². The van der Waals surface area contributed by atoms with E-state index in [0.29, 0.717) is 6.04 Å². The van der Waals surface area contributed by atoms with Crippen LogP contribution in [0.5, 0.6) is 0 Å². The van der Waals surface area contributed by atoms with E-state index in [1.807, 2.05) is 0 Å². The minimum atomic E-state index is 0. The molecule has 0 unspecified atom stereocenters. The molecular formula is C15H19ClN2. The van der Waals surface area contributed by atoms with Crippen LogP contribution in [0.25, 0.3) is 10.8 Å². The van der Waals surface area contributed by atoms with Crippen LogP contribution in [0, 0.1) is 6.92 Å². The molecule has 1 aliphatic rings. The normalized spacial score (nSPS) is 19.5. The zero-order valence-corrected chi connectivity index (χ0v) is 11.4. The molecule has 0 saturated carbocycles. The summed E-state index contributed by atoms with van der Waals surface area (Å²) in [4.78, 5) is 0. The Kier molecular flexibility index (Phi) is 4.23. The lowest BCUT2D eigenvalue weighted by atomic mass is 9.95. The molecule has 2 aromatic carbocycles. The molecule has 0 spiro atoms. The third-order valence-corrected chi connectivity index (χ3v) is 3.59. The van der Waals surface area contributed by atoms with E-state index in [1.54, 1.807) is 0 Å². The van der Waals surface area contributed by atoms with Crippen LogP contribution >= 0.6 is 12.4 Å². The molecular weight excluding hydrogens is 244 g/mol. The number of piperazine rings is 1. The molecule has 2 nitrogen and oxygen atoms in total. The number of halogens is 1. The van der Waals surface area contributed by atoms with Gasteiger partial charge in [-0.2, -0.15) is 0 Å². The maximum atomic E-state index is 3.58. The van der Waals surface area contributed by atoms with Gasteiger partial charge in [0.05, 0.1) is 0 Å². The Hall–Kier alpha value is -1.09. The molecule has 3 rings (SSSR count). The van der Waals surface area contributed by atoms with Crippen molar-refractivity contribution in [3.63, 3.8) is 0 Å². The van der Waals surface area contributed by atoms with Crippen LogP contribution in [-0.4, -0.2) is 19.6 Å². The number of aryl methyl sites for hydroxylation is 1. The molecule has 0 aromatic heterocycles. The fourth-order valence-corrected chi connectivity index (χ4v) is 2.65. The van der Waals surface area contributed by atoms with Crippen LogP contribution in [0.15, 0.2) is 36.4 Å². The van der Waals surface area contributed by atoms with E-state index in [1.165, 1.54) is 21.9 Å². The first kappa shape index (κ1) is 13.3. The third kappa shape index (κ3) is 2.37. The van der Waals surface area contributed by atoms with Crippen molar-refractivity contribution in [3.8, 4) is 0 Å². The van der Waals surface area contributed by atoms with E-state index < -0.39 is 0 Å². The molecule has 1 fully saturated rings.